The van der Waals surface area contributed by atoms with Gasteiger partial charge in [0.05, 0.1) is 5.41 Å². The van der Waals surface area contributed by atoms with Gasteiger partial charge in [0.15, 0.2) is 0 Å². The first-order valence-corrected chi connectivity index (χ1v) is 12.5. The van der Waals surface area contributed by atoms with Gasteiger partial charge in [-0.15, -0.1) is 13.2 Å². The largest absolute Gasteiger partial charge is 0.461 e. The maximum absolute atomic E-state index is 12.6. The second kappa shape index (κ2) is 21.4. The van der Waals surface area contributed by atoms with E-state index < -0.39 is 5.41 Å². The molecular formula is C29H48O2. The molecule has 0 aliphatic carbocycles. The number of unbranched alkanes of at least 4 members (excludes halogenated alkanes) is 9. The van der Waals surface area contributed by atoms with Crippen molar-refractivity contribution >= 4 is 5.97 Å². The van der Waals surface area contributed by atoms with Crippen LogP contribution in [0.15, 0.2) is 62.3 Å². The molecule has 0 bridgehead atoms. The Bertz CT molecular complexity index is 517. The van der Waals surface area contributed by atoms with Gasteiger partial charge in [-0.25, -0.2) is 0 Å². The van der Waals surface area contributed by atoms with Gasteiger partial charge in [0.2, 0.25) is 0 Å². The molecule has 176 valence electrons. The van der Waals surface area contributed by atoms with Gasteiger partial charge in [-0.2, -0.15) is 0 Å². The summed E-state index contributed by atoms with van der Waals surface area (Å²) in [7, 11) is 0. The lowest BCUT2D eigenvalue weighted by molar-refractivity contribution is -0.155. The van der Waals surface area contributed by atoms with E-state index in [0.29, 0.717) is 12.8 Å². The van der Waals surface area contributed by atoms with Gasteiger partial charge >= 0.3 is 5.97 Å². The lowest BCUT2D eigenvalue weighted by Gasteiger charge is -2.29. The van der Waals surface area contributed by atoms with E-state index in [1.54, 1.807) is 6.08 Å². The first kappa shape index (κ1) is 29.2. The van der Waals surface area contributed by atoms with Crippen molar-refractivity contribution in [1.82, 2.24) is 0 Å². The number of rotatable bonds is 22. The smallest absolute Gasteiger partial charge is 0.313 e. The normalized spacial score (nSPS) is 11.8. The molecule has 0 fully saturated rings. The third kappa shape index (κ3) is 15.6. The fourth-order valence-corrected chi connectivity index (χ4v) is 3.85. The molecule has 0 N–H and O–H groups in total. The van der Waals surface area contributed by atoms with Crippen LogP contribution in [0.1, 0.15) is 103 Å². The Labute approximate surface area is 193 Å². The summed E-state index contributed by atoms with van der Waals surface area (Å²) in [6, 6.07) is 0. The average Bonchev–Trinajstić information content (AvgIpc) is 2.77. The van der Waals surface area contributed by atoms with Crippen LogP contribution < -0.4 is 0 Å². The topological polar surface area (TPSA) is 26.3 Å². The van der Waals surface area contributed by atoms with Crippen LogP contribution in [0, 0.1) is 5.41 Å². The van der Waals surface area contributed by atoms with E-state index in [-0.39, 0.29) is 12.6 Å². The van der Waals surface area contributed by atoms with Crippen LogP contribution in [0.2, 0.25) is 0 Å². The van der Waals surface area contributed by atoms with Gasteiger partial charge in [-0.3, -0.25) is 4.79 Å². The molecule has 2 heteroatoms. The molecule has 0 aromatic heterocycles. The van der Waals surface area contributed by atoms with Gasteiger partial charge in [0, 0.05) is 0 Å². The molecule has 0 amide bonds. The number of hydrogen-bond acceptors (Lipinski definition) is 2. The van der Waals surface area contributed by atoms with Crippen LogP contribution in [0.25, 0.3) is 0 Å². The van der Waals surface area contributed by atoms with Gasteiger partial charge in [0.25, 0.3) is 0 Å². The number of carbonyl (C=O) groups excluding carboxylic acids is 1. The Balaban J connectivity index is 3.95. The Morgan fingerprint density at radius 2 is 1.29 bits per heavy atom. The number of carbonyl (C=O) groups is 1. The van der Waals surface area contributed by atoms with Gasteiger partial charge in [-0.1, -0.05) is 101 Å². The molecule has 0 heterocycles. The zero-order valence-electron chi connectivity index (χ0n) is 20.3. The molecule has 0 radical (unpaired) electrons. The molecule has 0 aromatic carbocycles. The summed E-state index contributed by atoms with van der Waals surface area (Å²) in [6.45, 7) is 13.8. The van der Waals surface area contributed by atoms with E-state index in [1.165, 1.54) is 57.8 Å². The van der Waals surface area contributed by atoms with Crippen LogP contribution >= 0.6 is 0 Å². The molecule has 0 saturated carbocycles. The van der Waals surface area contributed by atoms with E-state index in [4.69, 9.17) is 4.74 Å². The van der Waals surface area contributed by atoms with Crippen molar-refractivity contribution in [2.24, 2.45) is 5.41 Å². The molecule has 31 heavy (non-hydrogen) atoms. The molecule has 0 rings (SSSR count). The molecular weight excluding hydrogens is 380 g/mol. The minimum Gasteiger partial charge on any atom is -0.461 e. The Morgan fingerprint density at radius 3 is 1.84 bits per heavy atom. The fraction of sp³-hybridized carbons (Fsp3) is 0.621. The SMILES string of the molecule is C=CCOC(=O)C(CC=C)(CC=C)CCCCCCCCC=CCC=CCCCCC. The van der Waals surface area contributed by atoms with Gasteiger partial charge in [0.1, 0.15) is 6.61 Å². The summed E-state index contributed by atoms with van der Waals surface area (Å²) in [6.07, 6.45) is 31.2. The highest BCUT2D eigenvalue weighted by Gasteiger charge is 2.36. The van der Waals surface area contributed by atoms with Crippen molar-refractivity contribution < 1.29 is 9.53 Å². The Kier molecular flexibility index (Phi) is 20.1. The molecule has 0 aliphatic heterocycles. The van der Waals surface area contributed by atoms with Crippen molar-refractivity contribution in [3.8, 4) is 0 Å². The highest BCUT2D eigenvalue weighted by Crippen LogP contribution is 2.36. The maximum Gasteiger partial charge on any atom is 0.313 e. The molecule has 0 aromatic rings. The van der Waals surface area contributed by atoms with Gasteiger partial charge in [-0.05, 0) is 51.4 Å². The highest BCUT2D eigenvalue weighted by atomic mass is 16.5. The summed E-state index contributed by atoms with van der Waals surface area (Å²) >= 11 is 0. The minimum absolute atomic E-state index is 0.144. The third-order valence-corrected chi connectivity index (χ3v) is 5.69. The number of allylic oxidation sites excluding steroid dienone is 6. The van der Waals surface area contributed by atoms with Crippen molar-refractivity contribution in [2.75, 3.05) is 6.61 Å². The summed E-state index contributed by atoms with van der Waals surface area (Å²) in [5, 5.41) is 0. The third-order valence-electron chi connectivity index (χ3n) is 5.69. The van der Waals surface area contributed by atoms with Crippen LogP contribution in [0.5, 0.6) is 0 Å². The number of ether oxygens (including phenoxy) is 1. The van der Waals surface area contributed by atoms with Crippen molar-refractivity contribution in [2.45, 2.75) is 103 Å². The van der Waals surface area contributed by atoms with Crippen LogP contribution in [0.3, 0.4) is 0 Å². The predicted octanol–water partition coefficient (Wildman–Crippen LogP) is 9.06. The molecule has 0 spiro atoms. The summed E-state index contributed by atoms with van der Waals surface area (Å²) < 4.78 is 5.38. The zero-order chi connectivity index (χ0) is 23.0. The van der Waals surface area contributed by atoms with E-state index >= 15 is 0 Å². The molecule has 2 nitrogen and oxygen atoms in total. The second-order valence-electron chi connectivity index (χ2n) is 8.49. The summed E-state index contributed by atoms with van der Waals surface area (Å²) in [5.41, 5.74) is -0.512. The van der Waals surface area contributed by atoms with Crippen LogP contribution in [-0.2, 0) is 9.53 Å². The second-order valence-corrected chi connectivity index (χ2v) is 8.49. The van der Waals surface area contributed by atoms with E-state index in [1.807, 2.05) is 12.2 Å². The predicted molar refractivity (Wildman–Crippen MR) is 137 cm³/mol. The monoisotopic (exact) mass is 428 g/mol. The molecule has 0 unspecified atom stereocenters. The maximum atomic E-state index is 12.6. The molecule has 0 atom stereocenters. The van der Waals surface area contributed by atoms with Crippen molar-refractivity contribution in [3.63, 3.8) is 0 Å². The minimum atomic E-state index is -0.512. The zero-order valence-corrected chi connectivity index (χ0v) is 20.3. The highest BCUT2D eigenvalue weighted by molar-refractivity contribution is 5.77. The van der Waals surface area contributed by atoms with Crippen molar-refractivity contribution in [1.29, 1.82) is 0 Å². The number of hydrogen-bond donors (Lipinski definition) is 0. The van der Waals surface area contributed by atoms with E-state index in [2.05, 4.69) is 51.0 Å². The summed E-state index contributed by atoms with van der Waals surface area (Å²) in [5.74, 6) is -0.144. The van der Waals surface area contributed by atoms with E-state index in [0.717, 1.165) is 25.7 Å². The first-order chi connectivity index (χ1) is 15.2. The fourth-order valence-electron chi connectivity index (χ4n) is 3.85. The van der Waals surface area contributed by atoms with Crippen molar-refractivity contribution in [3.05, 3.63) is 62.3 Å². The molecule has 0 aliphatic rings. The Morgan fingerprint density at radius 1 is 0.742 bits per heavy atom. The van der Waals surface area contributed by atoms with Crippen LogP contribution in [0.4, 0.5) is 0 Å². The first-order valence-electron chi connectivity index (χ1n) is 12.5. The van der Waals surface area contributed by atoms with E-state index in [9.17, 15) is 4.79 Å². The lowest BCUT2D eigenvalue weighted by atomic mass is 9.76. The summed E-state index contributed by atoms with van der Waals surface area (Å²) in [4.78, 5) is 12.6. The Hall–Kier alpha value is -1.83. The van der Waals surface area contributed by atoms with Crippen LogP contribution in [-0.4, -0.2) is 12.6 Å². The quantitative estimate of drug-likeness (QED) is 0.0976. The van der Waals surface area contributed by atoms with Gasteiger partial charge < -0.3 is 4.74 Å². The number of esters is 1. The molecule has 0 saturated heterocycles. The lowest BCUT2D eigenvalue weighted by Crippen LogP contribution is -2.32. The average molecular weight is 429 g/mol. The standard InChI is InChI=1S/C29H48O2/c1-5-9-10-11-12-13-14-15-16-17-18-19-20-21-22-23-26-29(24-6-2,25-7-3)28(30)31-27-8-4/h6-8,12-13,15-16H,2-5,9-11,14,17-27H2,1H3.